The van der Waals surface area contributed by atoms with Crippen LogP contribution in [-0.2, 0) is 4.79 Å². The van der Waals surface area contributed by atoms with Crippen molar-refractivity contribution in [3.05, 3.63) is 60.8 Å². The first kappa shape index (κ1) is 29.5. The maximum absolute atomic E-state index is 12.0. The van der Waals surface area contributed by atoms with Crippen LogP contribution in [0.5, 0.6) is 0 Å². The zero-order valence-corrected chi connectivity index (χ0v) is 23.7. The molecule has 0 radical (unpaired) electrons. The zero-order valence-electron chi connectivity index (χ0n) is 23.7. The molecule has 5 heteroatoms. The Hall–Kier alpha value is -2.69. The maximum Gasteiger partial charge on any atom is 0.243 e. The summed E-state index contributed by atoms with van der Waals surface area (Å²) in [7, 11) is 1.75. The maximum atomic E-state index is 12.0. The molecule has 36 heavy (non-hydrogen) atoms. The standard InChI is InChI=1S/C22H27N3O.C3H7N.C3H8.C3H6/c1-21-9-10-24-20(26)13-15(21)3-4-16-17-5-6-19(25-12-11-23-14-25)22(17,2)8-7-18(16)21;1-3-4-2;2*1-3-2/h5-6,11-14,16,18H,3-4,7-10H2,1-2H3,(H,24,26);3H,1-2H3;3H2,1-2H3;3H,1H2,2H3. The third kappa shape index (κ3) is 6.16. The highest BCUT2D eigenvalue weighted by Gasteiger charge is 2.54. The van der Waals surface area contributed by atoms with Crippen LogP contribution < -0.4 is 5.32 Å². The Bertz CT molecular complexity index is 980. The van der Waals surface area contributed by atoms with Gasteiger partial charge < -0.3 is 14.9 Å². The van der Waals surface area contributed by atoms with Gasteiger partial charge >= 0.3 is 0 Å². The monoisotopic (exact) mass is 492 g/mol. The number of carbonyl (C=O) groups is 1. The van der Waals surface area contributed by atoms with Gasteiger partial charge in [-0.25, -0.2) is 4.98 Å². The molecule has 1 aromatic heterocycles. The normalized spacial score (nSPS) is 30.0. The van der Waals surface area contributed by atoms with Gasteiger partial charge in [0.15, 0.2) is 0 Å². The summed E-state index contributed by atoms with van der Waals surface area (Å²) in [5.74, 6) is 1.37. The molecule has 2 saturated carbocycles. The summed E-state index contributed by atoms with van der Waals surface area (Å²) in [6.45, 7) is 17.0. The van der Waals surface area contributed by atoms with E-state index >= 15 is 0 Å². The van der Waals surface area contributed by atoms with Gasteiger partial charge in [0.05, 0.1) is 6.33 Å². The molecule has 0 saturated heterocycles. The lowest BCUT2D eigenvalue weighted by atomic mass is 9.50. The van der Waals surface area contributed by atoms with Crippen molar-refractivity contribution in [1.82, 2.24) is 14.9 Å². The van der Waals surface area contributed by atoms with Gasteiger partial charge in [0.1, 0.15) is 0 Å². The Labute approximate surface area is 219 Å². The number of aliphatic imine (C=N–C) groups is 1. The van der Waals surface area contributed by atoms with Gasteiger partial charge in [-0.1, -0.05) is 57.4 Å². The van der Waals surface area contributed by atoms with Crippen LogP contribution in [0.1, 0.15) is 80.1 Å². The third-order valence-electron chi connectivity index (χ3n) is 8.03. The first-order valence-electron chi connectivity index (χ1n) is 13.6. The summed E-state index contributed by atoms with van der Waals surface area (Å²) in [6.07, 6.45) is 22.9. The molecule has 1 aliphatic heterocycles. The van der Waals surface area contributed by atoms with Crippen molar-refractivity contribution in [2.24, 2.45) is 27.7 Å². The average molecular weight is 493 g/mol. The Balaban J connectivity index is 0.000000397. The summed E-state index contributed by atoms with van der Waals surface area (Å²) in [4.78, 5) is 19.9. The van der Waals surface area contributed by atoms with Crippen LogP contribution in [0.4, 0.5) is 0 Å². The fourth-order valence-corrected chi connectivity index (χ4v) is 6.32. The van der Waals surface area contributed by atoms with Crippen molar-refractivity contribution in [2.45, 2.75) is 80.1 Å². The molecule has 0 bridgehead atoms. The van der Waals surface area contributed by atoms with E-state index in [1.54, 1.807) is 24.9 Å². The van der Waals surface area contributed by atoms with Gasteiger partial charge in [-0.3, -0.25) is 4.79 Å². The van der Waals surface area contributed by atoms with Gasteiger partial charge in [0.25, 0.3) is 0 Å². The van der Waals surface area contributed by atoms with Crippen LogP contribution >= 0.6 is 0 Å². The predicted octanol–water partition coefficient (Wildman–Crippen LogP) is 7.26. The molecule has 1 N–H and O–H groups in total. The van der Waals surface area contributed by atoms with Gasteiger partial charge in [0.2, 0.25) is 5.91 Å². The molecule has 0 aromatic carbocycles. The van der Waals surface area contributed by atoms with Gasteiger partial charge in [0, 0.05) is 43.2 Å². The minimum Gasteiger partial charge on any atom is -0.353 e. The zero-order chi connectivity index (χ0) is 26.8. The third-order valence-corrected chi connectivity index (χ3v) is 8.03. The predicted molar refractivity (Wildman–Crippen MR) is 154 cm³/mol. The second kappa shape index (κ2) is 13.6. The molecule has 4 atom stereocenters. The first-order chi connectivity index (χ1) is 17.3. The number of amides is 1. The van der Waals surface area contributed by atoms with Gasteiger partial charge in [-0.15, -0.1) is 6.58 Å². The molecule has 5 rings (SSSR count). The van der Waals surface area contributed by atoms with Gasteiger partial charge in [-0.2, -0.15) is 0 Å². The summed E-state index contributed by atoms with van der Waals surface area (Å²) < 4.78 is 2.19. The number of nitrogens with one attached hydrogen (secondary N) is 1. The Kier molecular flexibility index (Phi) is 11.1. The van der Waals surface area contributed by atoms with E-state index in [1.807, 2.05) is 32.4 Å². The molecular weight excluding hydrogens is 444 g/mol. The Morgan fingerprint density at radius 2 is 1.89 bits per heavy atom. The molecule has 2 fully saturated rings. The smallest absolute Gasteiger partial charge is 0.243 e. The Morgan fingerprint density at radius 1 is 1.22 bits per heavy atom. The van der Waals surface area contributed by atoms with Crippen LogP contribution in [0, 0.1) is 22.7 Å². The molecule has 5 nitrogen and oxygen atoms in total. The van der Waals surface area contributed by atoms with Crippen molar-refractivity contribution < 1.29 is 4.79 Å². The largest absolute Gasteiger partial charge is 0.353 e. The lowest BCUT2D eigenvalue weighted by Crippen LogP contribution is -2.46. The van der Waals surface area contributed by atoms with E-state index in [0.29, 0.717) is 11.8 Å². The minimum absolute atomic E-state index is 0.104. The lowest BCUT2D eigenvalue weighted by molar-refractivity contribution is -0.116. The summed E-state index contributed by atoms with van der Waals surface area (Å²) in [6, 6.07) is 0. The van der Waals surface area contributed by atoms with Crippen molar-refractivity contribution in [3.63, 3.8) is 0 Å². The average Bonchev–Trinajstić information content (AvgIpc) is 3.46. The van der Waals surface area contributed by atoms with Crippen molar-refractivity contribution in [1.29, 1.82) is 0 Å². The number of aromatic nitrogens is 2. The second-order valence-corrected chi connectivity index (χ2v) is 10.5. The highest BCUT2D eigenvalue weighted by Crippen LogP contribution is 2.63. The summed E-state index contributed by atoms with van der Waals surface area (Å²) in [5.41, 5.74) is 4.65. The molecule has 4 unspecified atom stereocenters. The van der Waals surface area contributed by atoms with E-state index in [9.17, 15) is 4.79 Å². The molecule has 3 aliphatic carbocycles. The van der Waals surface area contributed by atoms with E-state index in [4.69, 9.17) is 0 Å². The van der Waals surface area contributed by atoms with Crippen molar-refractivity contribution >= 4 is 17.8 Å². The molecule has 1 amide bonds. The first-order valence-corrected chi connectivity index (χ1v) is 13.6. The molecule has 4 aliphatic rings. The number of hydrogen-bond acceptors (Lipinski definition) is 3. The number of hydrogen-bond donors (Lipinski definition) is 1. The highest BCUT2D eigenvalue weighted by molar-refractivity contribution is 5.88. The van der Waals surface area contributed by atoms with Crippen LogP contribution in [0.3, 0.4) is 0 Å². The van der Waals surface area contributed by atoms with Crippen LogP contribution in [0.25, 0.3) is 5.70 Å². The van der Waals surface area contributed by atoms with E-state index in [2.05, 4.69) is 72.5 Å². The number of carbonyl (C=O) groups excluding carboxylic acids is 1. The SMILES string of the molecule is C=CC.CC12CCC3C(CCC4=CC(=O)NCCC43C)C1=CC=C2n1ccnc1.CC=NC.CCC. The Morgan fingerprint density at radius 3 is 2.47 bits per heavy atom. The molecule has 0 spiro atoms. The van der Waals surface area contributed by atoms with Gasteiger partial charge in [-0.05, 0) is 75.5 Å². The number of fused-ring (bicyclic) bond motifs is 5. The minimum atomic E-state index is 0.104. The fourth-order valence-electron chi connectivity index (χ4n) is 6.32. The number of imidazole rings is 1. The summed E-state index contributed by atoms with van der Waals surface area (Å²) >= 11 is 0. The molecule has 198 valence electrons. The van der Waals surface area contributed by atoms with E-state index in [1.165, 1.54) is 37.0 Å². The van der Waals surface area contributed by atoms with Crippen molar-refractivity contribution in [2.75, 3.05) is 13.6 Å². The molecule has 2 heterocycles. The topological polar surface area (TPSA) is 59.3 Å². The van der Waals surface area contributed by atoms with Crippen molar-refractivity contribution in [3.8, 4) is 0 Å². The molecule has 1 aromatic rings. The lowest BCUT2D eigenvalue weighted by Gasteiger charge is -2.54. The summed E-state index contributed by atoms with van der Waals surface area (Å²) in [5, 5.41) is 3.05. The van der Waals surface area contributed by atoms with E-state index < -0.39 is 0 Å². The fraction of sp³-hybridized carbons (Fsp3) is 0.581. The highest BCUT2D eigenvalue weighted by atomic mass is 16.1. The van der Waals surface area contributed by atoms with Crippen LogP contribution in [0.15, 0.2) is 65.7 Å². The number of nitrogens with zero attached hydrogens (tertiary/aromatic N) is 3. The van der Waals surface area contributed by atoms with E-state index in [0.717, 1.165) is 19.4 Å². The number of allylic oxidation sites excluding steroid dienone is 6. The quantitative estimate of drug-likeness (QED) is 0.331. The second-order valence-electron chi connectivity index (χ2n) is 10.5. The van der Waals surface area contributed by atoms with Crippen LogP contribution in [0.2, 0.25) is 0 Å². The van der Waals surface area contributed by atoms with E-state index in [-0.39, 0.29) is 16.7 Å². The number of rotatable bonds is 1. The molecular formula is C31H48N4O. The van der Waals surface area contributed by atoms with Crippen LogP contribution in [-0.4, -0.2) is 35.3 Å².